The molecule has 0 radical (unpaired) electrons. The van der Waals surface area contributed by atoms with Crippen molar-refractivity contribution in [2.75, 3.05) is 25.5 Å². The molecule has 0 spiro atoms. The quantitative estimate of drug-likeness (QED) is 0.845. The van der Waals surface area contributed by atoms with E-state index in [-0.39, 0.29) is 0 Å². The molecule has 1 heterocycles. The van der Waals surface area contributed by atoms with Gasteiger partial charge in [0, 0.05) is 25.8 Å². The number of nitrogens with one attached hydrogen (secondary N) is 1. The van der Waals surface area contributed by atoms with Crippen LogP contribution in [0.5, 0.6) is 0 Å². The fourth-order valence-electron chi connectivity index (χ4n) is 2.27. The van der Waals surface area contributed by atoms with E-state index in [1.165, 1.54) is 12.0 Å². The highest BCUT2D eigenvalue weighted by molar-refractivity contribution is 5.41. The molecule has 2 atom stereocenters. The van der Waals surface area contributed by atoms with E-state index in [4.69, 9.17) is 0 Å². The van der Waals surface area contributed by atoms with Crippen LogP contribution in [0.2, 0.25) is 0 Å². The summed E-state index contributed by atoms with van der Waals surface area (Å²) in [6, 6.07) is 4.31. The highest BCUT2D eigenvalue weighted by Gasteiger charge is 2.33. The Balaban J connectivity index is 2.02. The average molecular weight is 233 g/mol. The third-order valence-corrected chi connectivity index (χ3v) is 3.72. The van der Waals surface area contributed by atoms with Gasteiger partial charge < -0.3 is 10.2 Å². The van der Waals surface area contributed by atoms with Gasteiger partial charge in [-0.05, 0) is 43.9 Å². The predicted octanol–water partition coefficient (Wildman–Crippen LogP) is 2.20. The van der Waals surface area contributed by atoms with Crippen LogP contribution in [0.4, 0.5) is 5.82 Å². The number of hydrogen-bond donors (Lipinski definition) is 1. The van der Waals surface area contributed by atoms with Crippen molar-refractivity contribution in [1.82, 2.24) is 10.3 Å². The van der Waals surface area contributed by atoms with E-state index in [0.29, 0.717) is 0 Å². The molecule has 1 aliphatic rings. The third-order valence-electron chi connectivity index (χ3n) is 3.72. The zero-order valence-corrected chi connectivity index (χ0v) is 11.3. The number of rotatable bonds is 5. The summed E-state index contributed by atoms with van der Waals surface area (Å²) >= 11 is 0. The maximum Gasteiger partial charge on any atom is 0.128 e. The molecule has 0 amide bonds. The maximum atomic E-state index is 4.68. The molecule has 17 heavy (non-hydrogen) atoms. The molecule has 1 saturated carbocycles. The SMILES string of the molecule is CNCc1ccc(N(C)CC2CC2C)nc1C. The normalized spacial score (nSPS) is 22.6. The molecule has 1 N–H and O–H groups in total. The molecule has 1 fully saturated rings. The minimum atomic E-state index is 0.874. The Morgan fingerprint density at radius 3 is 2.71 bits per heavy atom. The summed E-state index contributed by atoms with van der Waals surface area (Å²) < 4.78 is 0. The monoisotopic (exact) mass is 233 g/mol. The summed E-state index contributed by atoms with van der Waals surface area (Å²) in [5.74, 6) is 2.88. The molecule has 3 heteroatoms. The van der Waals surface area contributed by atoms with Crippen molar-refractivity contribution >= 4 is 5.82 Å². The lowest BCUT2D eigenvalue weighted by Crippen LogP contribution is -2.22. The van der Waals surface area contributed by atoms with Gasteiger partial charge in [0.05, 0.1) is 0 Å². The molecule has 1 aromatic rings. The van der Waals surface area contributed by atoms with E-state index in [1.54, 1.807) is 0 Å². The molecule has 0 bridgehead atoms. The number of nitrogens with zero attached hydrogens (tertiary/aromatic N) is 2. The van der Waals surface area contributed by atoms with E-state index in [0.717, 1.165) is 36.4 Å². The Bertz CT molecular complexity index is 389. The summed E-state index contributed by atoms with van der Waals surface area (Å²) in [5, 5.41) is 3.17. The van der Waals surface area contributed by atoms with Crippen molar-refractivity contribution < 1.29 is 0 Å². The van der Waals surface area contributed by atoms with Gasteiger partial charge in [0.15, 0.2) is 0 Å². The van der Waals surface area contributed by atoms with Gasteiger partial charge in [-0.25, -0.2) is 4.98 Å². The van der Waals surface area contributed by atoms with Gasteiger partial charge in [0.1, 0.15) is 5.82 Å². The fourth-order valence-corrected chi connectivity index (χ4v) is 2.27. The van der Waals surface area contributed by atoms with Crippen molar-refractivity contribution in [3.63, 3.8) is 0 Å². The zero-order chi connectivity index (χ0) is 12.4. The summed E-state index contributed by atoms with van der Waals surface area (Å²) in [6.45, 7) is 6.44. The van der Waals surface area contributed by atoms with Gasteiger partial charge in [-0.1, -0.05) is 13.0 Å². The number of aryl methyl sites for hydroxylation is 1. The lowest BCUT2D eigenvalue weighted by Gasteiger charge is -2.19. The van der Waals surface area contributed by atoms with E-state index in [2.05, 4.69) is 48.2 Å². The Kier molecular flexibility index (Phi) is 3.67. The highest BCUT2D eigenvalue weighted by atomic mass is 15.2. The fraction of sp³-hybridized carbons (Fsp3) is 0.643. The van der Waals surface area contributed by atoms with Crippen LogP contribution in [0.3, 0.4) is 0 Å². The van der Waals surface area contributed by atoms with Crippen molar-refractivity contribution in [2.24, 2.45) is 11.8 Å². The predicted molar refractivity (Wildman–Crippen MR) is 72.3 cm³/mol. The van der Waals surface area contributed by atoms with Gasteiger partial charge in [-0.2, -0.15) is 0 Å². The second-order valence-electron chi connectivity index (χ2n) is 5.30. The first kappa shape index (κ1) is 12.4. The summed E-state index contributed by atoms with van der Waals surface area (Å²) in [4.78, 5) is 6.97. The van der Waals surface area contributed by atoms with Crippen LogP contribution in [-0.2, 0) is 6.54 Å². The first-order valence-corrected chi connectivity index (χ1v) is 6.44. The van der Waals surface area contributed by atoms with Crippen molar-refractivity contribution in [3.05, 3.63) is 23.4 Å². The van der Waals surface area contributed by atoms with Crippen LogP contribution < -0.4 is 10.2 Å². The van der Waals surface area contributed by atoms with Gasteiger partial charge in [0.2, 0.25) is 0 Å². The van der Waals surface area contributed by atoms with Gasteiger partial charge in [0.25, 0.3) is 0 Å². The van der Waals surface area contributed by atoms with Crippen molar-refractivity contribution in [3.8, 4) is 0 Å². The molecular weight excluding hydrogens is 210 g/mol. The minimum Gasteiger partial charge on any atom is -0.359 e. The molecule has 3 nitrogen and oxygen atoms in total. The molecular formula is C14H23N3. The number of aromatic nitrogens is 1. The second-order valence-corrected chi connectivity index (χ2v) is 5.30. The summed E-state index contributed by atoms with van der Waals surface area (Å²) in [5.41, 5.74) is 2.41. The second kappa shape index (κ2) is 5.05. The number of pyridine rings is 1. The zero-order valence-electron chi connectivity index (χ0n) is 11.3. The van der Waals surface area contributed by atoms with Crippen LogP contribution in [-0.4, -0.2) is 25.6 Å². The smallest absolute Gasteiger partial charge is 0.128 e. The standard InChI is InChI=1S/C14H23N3/c1-10-7-13(10)9-17(4)14-6-5-12(8-15-3)11(2)16-14/h5-6,10,13,15H,7-9H2,1-4H3. The number of hydrogen-bond acceptors (Lipinski definition) is 3. The number of anilines is 1. The van der Waals surface area contributed by atoms with Crippen molar-refractivity contribution in [1.29, 1.82) is 0 Å². The molecule has 0 aromatic carbocycles. The first-order valence-electron chi connectivity index (χ1n) is 6.44. The van der Waals surface area contributed by atoms with Crippen LogP contribution in [0.1, 0.15) is 24.6 Å². The Hall–Kier alpha value is -1.09. The Morgan fingerprint density at radius 2 is 2.18 bits per heavy atom. The van der Waals surface area contributed by atoms with Crippen molar-refractivity contribution in [2.45, 2.75) is 26.8 Å². The van der Waals surface area contributed by atoms with Gasteiger partial charge in [-0.3, -0.25) is 0 Å². The molecule has 1 aliphatic carbocycles. The minimum absolute atomic E-state index is 0.874. The largest absolute Gasteiger partial charge is 0.359 e. The lowest BCUT2D eigenvalue weighted by atomic mass is 10.2. The Morgan fingerprint density at radius 1 is 1.47 bits per heavy atom. The molecule has 0 aliphatic heterocycles. The highest BCUT2D eigenvalue weighted by Crippen LogP contribution is 2.38. The van der Waals surface area contributed by atoms with Crippen LogP contribution in [0, 0.1) is 18.8 Å². The average Bonchev–Trinajstić information content (AvgIpc) is 2.97. The van der Waals surface area contributed by atoms with E-state index >= 15 is 0 Å². The third kappa shape index (κ3) is 2.97. The summed E-state index contributed by atoms with van der Waals surface area (Å²) in [7, 11) is 4.11. The molecule has 2 rings (SSSR count). The van der Waals surface area contributed by atoms with E-state index in [9.17, 15) is 0 Å². The van der Waals surface area contributed by atoms with Gasteiger partial charge in [-0.15, -0.1) is 0 Å². The molecule has 94 valence electrons. The maximum absolute atomic E-state index is 4.68. The van der Waals surface area contributed by atoms with E-state index in [1.807, 2.05) is 7.05 Å². The molecule has 1 aromatic heterocycles. The topological polar surface area (TPSA) is 28.2 Å². The van der Waals surface area contributed by atoms with Crippen LogP contribution in [0.25, 0.3) is 0 Å². The van der Waals surface area contributed by atoms with Gasteiger partial charge >= 0.3 is 0 Å². The molecule has 0 saturated heterocycles. The van der Waals surface area contributed by atoms with Crippen LogP contribution in [0.15, 0.2) is 12.1 Å². The van der Waals surface area contributed by atoms with E-state index < -0.39 is 0 Å². The first-order chi connectivity index (χ1) is 8.11. The Labute approximate surface area is 104 Å². The lowest BCUT2D eigenvalue weighted by molar-refractivity contribution is 0.717. The summed E-state index contributed by atoms with van der Waals surface area (Å²) in [6.07, 6.45) is 1.38. The molecule has 2 unspecified atom stereocenters. The van der Waals surface area contributed by atoms with Crippen LogP contribution >= 0.6 is 0 Å².